The molecule has 0 bridgehead atoms. The molecule has 14 heavy (non-hydrogen) atoms. The van der Waals surface area contributed by atoms with Crippen LogP contribution in [0.3, 0.4) is 0 Å². The average molecular weight is 192 g/mol. The molecule has 1 heterocycles. The van der Waals surface area contributed by atoms with E-state index in [1.54, 1.807) is 7.11 Å². The second-order valence-corrected chi connectivity index (χ2v) is 3.66. The number of hydrogen-bond donors (Lipinski definition) is 0. The highest BCUT2D eigenvalue weighted by Crippen LogP contribution is 2.41. The Morgan fingerprint density at radius 2 is 2.00 bits per heavy atom. The van der Waals surface area contributed by atoms with Crippen molar-refractivity contribution in [2.24, 2.45) is 0 Å². The third kappa shape index (κ3) is 1.90. The largest absolute Gasteiger partial charge is 0.497 e. The maximum atomic E-state index is 5.58. The fraction of sp³-hybridized carbons (Fsp3) is 0.500. The molecule has 0 aliphatic carbocycles. The molecule has 1 fully saturated rings. The first-order valence-corrected chi connectivity index (χ1v) is 5.14. The van der Waals surface area contributed by atoms with Crippen molar-refractivity contribution in [1.82, 2.24) is 0 Å². The molecule has 0 spiro atoms. The van der Waals surface area contributed by atoms with Gasteiger partial charge in [0, 0.05) is 0 Å². The van der Waals surface area contributed by atoms with E-state index in [-0.39, 0.29) is 0 Å². The average Bonchev–Trinajstić information content (AvgIpc) is 2.98. The zero-order valence-electron chi connectivity index (χ0n) is 8.69. The fourth-order valence-electron chi connectivity index (χ4n) is 1.73. The number of benzene rings is 1. The highest BCUT2D eigenvalue weighted by atomic mass is 16.6. The Kier molecular flexibility index (Phi) is 2.73. The first-order chi connectivity index (χ1) is 6.85. The van der Waals surface area contributed by atoms with Crippen molar-refractivity contribution in [1.29, 1.82) is 0 Å². The van der Waals surface area contributed by atoms with Gasteiger partial charge in [0.25, 0.3) is 0 Å². The molecule has 2 nitrogen and oxygen atoms in total. The van der Waals surface area contributed by atoms with Gasteiger partial charge < -0.3 is 9.47 Å². The molecule has 2 heteroatoms. The number of epoxide rings is 1. The highest BCUT2D eigenvalue weighted by molar-refractivity contribution is 5.30. The van der Waals surface area contributed by atoms with Gasteiger partial charge in [-0.2, -0.15) is 0 Å². The van der Waals surface area contributed by atoms with Crippen LogP contribution in [-0.2, 0) is 4.74 Å². The lowest BCUT2D eigenvalue weighted by Crippen LogP contribution is -1.88. The van der Waals surface area contributed by atoms with Crippen LogP contribution >= 0.6 is 0 Å². The van der Waals surface area contributed by atoms with Crippen molar-refractivity contribution in [2.75, 3.05) is 7.11 Å². The molecular formula is C12H16O2. The van der Waals surface area contributed by atoms with E-state index >= 15 is 0 Å². The molecular weight excluding hydrogens is 176 g/mol. The van der Waals surface area contributed by atoms with Gasteiger partial charge in [-0.05, 0) is 24.1 Å². The predicted molar refractivity (Wildman–Crippen MR) is 55.5 cm³/mol. The van der Waals surface area contributed by atoms with Gasteiger partial charge >= 0.3 is 0 Å². The Bertz CT molecular complexity index is 292. The first-order valence-electron chi connectivity index (χ1n) is 5.14. The molecule has 1 aromatic carbocycles. The lowest BCUT2D eigenvalue weighted by molar-refractivity contribution is 0.364. The summed E-state index contributed by atoms with van der Waals surface area (Å²) in [5.41, 5.74) is 1.27. The van der Waals surface area contributed by atoms with Gasteiger partial charge in [0.05, 0.1) is 13.2 Å². The van der Waals surface area contributed by atoms with Gasteiger partial charge in [-0.25, -0.2) is 0 Å². The van der Waals surface area contributed by atoms with Crippen LogP contribution in [0.15, 0.2) is 24.3 Å². The van der Waals surface area contributed by atoms with Crippen molar-refractivity contribution in [3.8, 4) is 5.75 Å². The van der Waals surface area contributed by atoms with E-state index in [0.717, 1.165) is 12.2 Å². The summed E-state index contributed by atoms with van der Waals surface area (Å²) in [6, 6.07) is 8.14. The molecule has 0 N–H and O–H groups in total. The van der Waals surface area contributed by atoms with Gasteiger partial charge in [0.2, 0.25) is 0 Å². The lowest BCUT2D eigenvalue weighted by atomic mass is 10.1. The van der Waals surface area contributed by atoms with Crippen molar-refractivity contribution >= 4 is 0 Å². The van der Waals surface area contributed by atoms with Crippen molar-refractivity contribution in [2.45, 2.75) is 32.0 Å². The van der Waals surface area contributed by atoms with Crippen molar-refractivity contribution in [3.63, 3.8) is 0 Å². The summed E-state index contributed by atoms with van der Waals surface area (Å²) >= 11 is 0. The molecule has 0 aromatic heterocycles. The Morgan fingerprint density at radius 1 is 1.29 bits per heavy atom. The van der Waals surface area contributed by atoms with Gasteiger partial charge in [-0.15, -0.1) is 0 Å². The van der Waals surface area contributed by atoms with E-state index in [1.807, 2.05) is 12.1 Å². The number of rotatable bonds is 4. The monoisotopic (exact) mass is 192 g/mol. The van der Waals surface area contributed by atoms with E-state index in [0.29, 0.717) is 12.2 Å². The molecule has 2 atom stereocenters. The summed E-state index contributed by atoms with van der Waals surface area (Å²) in [5.74, 6) is 0.904. The van der Waals surface area contributed by atoms with E-state index < -0.39 is 0 Å². The number of methoxy groups -OCH3 is 1. The smallest absolute Gasteiger partial charge is 0.118 e. The minimum absolute atomic E-state index is 0.334. The molecule has 2 unspecified atom stereocenters. The van der Waals surface area contributed by atoms with Crippen LogP contribution in [0.25, 0.3) is 0 Å². The van der Waals surface area contributed by atoms with Crippen LogP contribution in [0.4, 0.5) is 0 Å². The molecule has 1 aromatic rings. The Hall–Kier alpha value is -1.02. The maximum absolute atomic E-state index is 5.58. The van der Waals surface area contributed by atoms with E-state index in [2.05, 4.69) is 19.1 Å². The van der Waals surface area contributed by atoms with Gasteiger partial charge in [-0.1, -0.05) is 25.5 Å². The van der Waals surface area contributed by atoms with Crippen LogP contribution in [0.1, 0.15) is 31.4 Å². The van der Waals surface area contributed by atoms with Crippen LogP contribution in [0.2, 0.25) is 0 Å². The second kappa shape index (κ2) is 4.01. The van der Waals surface area contributed by atoms with Crippen LogP contribution in [0, 0.1) is 0 Å². The zero-order chi connectivity index (χ0) is 9.97. The lowest BCUT2D eigenvalue weighted by Gasteiger charge is -2.00. The van der Waals surface area contributed by atoms with E-state index in [4.69, 9.17) is 9.47 Å². The van der Waals surface area contributed by atoms with E-state index in [9.17, 15) is 0 Å². The quantitative estimate of drug-likeness (QED) is 0.684. The summed E-state index contributed by atoms with van der Waals surface area (Å²) in [5, 5.41) is 0. The molecule has 1 saturated heterocycles. The molecule has 1 aliphatic heterocycles. The normalized spacial score (nSPS) is 24.7. The Balaban J connectivity index is 1.98. The van der Waals surface area contributed by atoms with Crippen molar-refractivity contribution < 1.29 is 9.47 Å². The van der Waals surface area contributed by atoms with Crippen molar-refractivity contribution in [3.05, 3.63) is 29.8 Å². The molecule has 0 saturated carbocycles. The van der Waals surface area contributed by atoms with E-state index in [1.165, 1.54) is 12.0 Å². The molecule has 76 valence electrons. The fourth-order valence-corrected chi connectivity index (χ4v) is 1.73. The van der Waals surface area contributed by atoms with Crippen LogP contribution in [-0.4, -0.2) is 13.2 Å². The third-order valence-corrected chi connectivity index (χ3v) is 2.60. The highest BCUT2D eigenvalue weighted by Gasteiger charge is 2.38. The number of hydrogen-bond acceptors (Lipinski definition) is 2. The molecule has 2 rings (SSSR count). The minimum Gasteiger partial charge on any atom is -0.497 e. The molecule has 0 amide bonds. The summed E-state index contributed by atoms with van der Waals surface area (Å²) < 4.78 is 10.7. The maximum Gasteiger partial charge on any atom is 0.118 e. The van der Waals surface area contributed by atoms with Crippen LogP contribution < -0.4 is 4.74 Å². The topological polar surface area (TPSA) is 21.8 Å². The second-order valence-electron chi connectivity index (χ2n) is 3.66. The number of ether oxygens (including phenoxy) is 2. The van der Waals surface area contributed by atoms with Gasteiger partial charge in [-0.3, -0.25) is 0 Å². The predicted octanol–water partition coefficient (Wildman–Crippen LogP) is 2.94. The van der Waals surface area contributed by atoms with Gasteiger partial charge in [0.15, 0.2) is 0 Å². The Morgan fingerprint density at radius 3 is 2.57 bits per heavy atom. The Labute approximate surface area is 84.8 Å². The minimum atomic E-state index is 0.334. The summed E-state index contributed by atoms with van der Waals surface area (Å²) in [6.45, 7) is 2.19. The standard InChI is InChI=1S/C12H16O2/c1-3-4-11-12(14-11)9-5-7-10(13-2)8-6-9/h5-8,11-12H,3-4H2,1-2H3. The summed E-state index contributed by atoms with van der Waals surface area (Å²) in [4.78, 5) is 0. The summed E-state index contributed by atoms with van der Waals surface area (Å²) in [6.07, 6.45) is 3.14. The first kappa shape index (κ1) is 9.53. The third-order valence-electron chi connectivity index (χ3n) is 2.60. The SMILES string of the molecule is CCCC1OC1c1ccc(OC)cc1. The molecule has 1 aliphatic rings. The van der Waals surface area contributed by atoms with Crippen LogP contribution in [0.5, 0.6) is 5.75 Å². The molecule has 0 radical (unpaired) electrons. The van der Waals surface area contributed by atoms with Gasteiger partial charge in [0.1, 0.15) is 11.9 Å². The summed E-state index contributed by atoms with van der Waals surface area (Å²) in [7, 11) is 1.68. The zero-order valence-corrected chi connectivity index (χ0v) is 8.69.